The molecule has 0 spiro atoms. The zero-order chi connectivity index (χ0) is 20.2. The van der Waals surface area contributed by atoms with Crippen LogP contribution in [0.4, 0.5) is 8.78 Å². The number of aromatic nitrogens is 4. The zero-order valence-corrected chi connectivity index (χ0v) is 15.8. The number of nitrogens with zero attached hydrogens (tertiary/aromatic N) is 4. The summed E-state index contributed by atoms with van der Waals surface area (Å²) in [5, 5.41) is 2.33. The Morgan fingerprint density at radius 2 is 2.17 bits per heavy atom. The first-order chi connectivity index (χ1) is 14.0. The van der Waals surface area contributed by atoms with E-state index in [4.69, 9.17) is 0 Å². The summed E-state index contributed by atoms with van der Waals surface area (Å²) in [5.74, 6) is -4.90. The first kappa shape index (κ1) is 17.9. The Labute approximate surface area is 166 Å². The van der Waals surface area contributed by atoms with E-state index in [1.54, 1.807) is 23.7 Å². The number of aromatic amines is 1. The van der Waals surface area contributed by atoms with Gasteiger partial charge in [-0.25, -0.2) is 18.7 Å². The number of alkyl halides is 2. The molecule has 1 aliphatic heterocycles. The molecule has 1 unspecified atom stereocenters. The molecule has 148 valence electrons. The number of nitrogens with one attached hydrogen (secondary N) is 1. The highest BCUT2D eigenvalue weighted by molar-refractivity contribution is 7.15. The number of piperidine rings is 1. The topological polar surface area (TPSA) is 83.4 Å². The van der Waals surface area contributed by atoms with Gasteiger partial charge in [0.05, 0.1) is 12.5 Å². The van der Waals surface area contributed by atoms with Crippen molar-refractivity contribution in [1.29, 1.82) is 0 Å². The van der Waals surface area contributed by atoms with Gasteiger partial charge in [-0.1, -0.05) is 0 Å². The molecule has 0 aliphatic carbocycles. The van der Waals surface area contributed by atoms with Crippen molar-refractivity contribution in [3.05, 3.63) is 63.8 Å². The van der Waals surface area contributed by atoms with Gasteiger partial charge >= 0.3 is 0 Å². The smallest absolute Gasteiger partial charge is 0.272 e. The molecule has 7 nitrogen and oxygen atoms in total. The fourth-order valence-electron chi connectivity index (χ4n) is 3.92. The summed E-state index contributed by atoms with van der Waals surface area (Å²) in [6.45, 7) is -0.629. The third kappa shape index (κ3) is 2.82. The highest BCUT2D eigenvalue weighted by atomic mass is 32.1. The molecule has 4 aromatic rings. The second-order valence-corrected chi connectivity index (χ2v) is 7.87. The molecule has 0 saturated carbocycles. The van der Waals surface area contributed by atoms with Crippen LogP contribution in [0, 0.1) is 0 Å². The quantitative estimate of drug-likeness (QED) is 0.546. The Hall–Kier alpha value is -3.14. The van der Waals surface area contributed by atoms with Crippen molar-refractivity contribution in [1.82, 2.24) is 24.3 Å². The summed E-state index contributed by atoms with van der Waals surface area (Å²) in [5.41, 5.74) is 0.316. The molecule has 1 N–H and O–H groups in total. The van der Waals surface area contributed by atoms with Gasteiger partial charge in [-0.3, -0.25) is 14.0 Å². The molecule has 1 aliphatic rings. The molecular weight excluding hydrogens is 400 g/mol. The monoisotopic (exact) mass is 415 g/mol. The lowest BCUT2D eigenvalue weighted by atomic mass is 9.85. The second-order valence-electron chi connectivity index (χ2n) is 7.00. The van der Waals surface area contributed by atoms with E-state index >= 15 is 8.78 Å². The van der Waals surface area contributed by atoms with Crippen molar-refractivity contribution >= 4 is 33.2 Å². The molecule has 1 saturated heterocycles. The van der Waals surface area contributed by atoms with Crippen LogP contribution in [0.25, 0.3) is 16.0 Å². The van der Waals surface area contributed by atoms with Gasteiger partial charge in [0.15, 0.2) is 4.96 Å². The van der Waals surface area contributed by atoms with Gasteiger partial charge in [0.25, 0.3) is 17.4 Å². The number of thiazole rings is 1. The number of H-pyrrole nitrogens is 1. The molecule has 1 amide bonds. The van der Waals surface area contributed by atoms with Crippen LogP contribution < -0.4 is 5.56 Å². The van der Waals surface area contributed by atoms with E-state index in [1.165, 1.54) is 34.3 Å². The van der Waals surface area contributed by atoms with Crippen LogP contribution in [0.5, 0.6) is 0 Å². The van der Waals surface area contributed by atoms with E-state index < -0.39 is 29.9 Å². The minimum atomic E-state index is -3.14. The molecule has 5 rings (SSSR count). The lowest BCUT2D eigenvalue weighted by molar-refractivity contribution is -0.0741. The summed E-state index contributed by atoms with van der Waals surface area (Å²) < 4.78 is 31.4. The highest BCUT2D eigenvalue weighted by Gasteiger charge is 2.47. The molecule has 0 radical (unpaired) electrons. The van der Waals surface area contributed by atoms with Crippen molar-refractivity contribution in [2.75, 3.05) is 13.1 Å². The second kappa shape index (κ2) is 6.45. The number of halogens is 2. The number of pyridine rings is 1. The molecule has 0 bridgehead atoms. The summed E-state index contributed by atoms with van der Waals surface area (Å²) in [6.07, 6.45) is 5.94. The van der Waals surface area contributed by atoms with Gasteiger partial charge in [-0.2, -0.15) is 0 Å². The molecule has 5 heterocycles. The molecule has 0 aromatic carbocycles. The summed E-state index contributed by atoms with van der Waals surface area (Å²) in [6, 6.07) is 3.33. The Kier molecular flexibility index (Phi) is 3.98. The minimum Gasteiger partial charge on any atom is -0.346 e. The van der Waals surface area contributed by atoms with Gasteiger partial charge < -0.3 is 9.88 Å². The number of hydrogen-bond donors (Lipinski definition) is 1. The molecule has 29 heavy (non-hydrogen) atoms. The molecule has 1 fully saturated rings. The Bertz CT molecular complexity index is 1290. The maximum atomic E-state index is 15.1. The van der Waals surface area contributed by atoms with E-state index in [1.807, 2.05) is 0 Å². The van der Waals surface area contributed by atoms with Crippen LogP contribution in [0.3, 0.4) is 0 Å². The van der Waals surface area contributed by atoms with Crippen LogP contribution in [0.1, 0.15) is 28.3 Å². The first-order valence-electron chi connectivity index (χ1n) is 8.99. The van der Waals surface area contributed by atoms with Gasteiger partial charge in [0.1, 0.15) is 11.2 Å². The SMILES string of the molecule is O=C(c1cnc2sccn2c1=O)N1CCC(c2ccnc3[nH]ccc23)C(F)(F)C1. The third-order valence-corrected chi connectivity index (χ3v) is 6.10. The van der Waals surface area contributed by atoms with Crippen LogP contribution in [0.15, 0.2) is 47.1 Å². The van der Waals surface area contributed by atoms with Crippen LogP contribution in [-0.2, 0) is 0 Å². The first-order valence-corrected chi connectivity index (χ1v) is 9.87. The average molecular weight is 415 g/mol. The summed E-state index contributed by atoms with van der Waals surface area (Å²) in [4.78, 5) is 38.0. The lowest BCUT2D eigenvalue weighted by Crippen LogP contribution is -2.50. The van der Waals surface area contributed by atoms with Crippen molar-refractivity contribution in [3.8, 4) is 0 Å². The van der Waals surface area contributed by atoms with Crippen LogP contribution >= 0.6 is 11.3 Å². The van der Waals surface area contributed by atoms with Crippen LogP contribution in [0.2, 0.25) is 0 Å². The highest BCUT2D eigenvalue weighted by Crippen LogP contribution is 2.42. The van der Waals surface area contributed by atoms with Crippen molar-refractivity contribution in [3.63, 3.8) is 0 Å². The van der Waals surface area contributed by atoms with E-state index in [0.717, 1.165) is 4.90 Å². The predicted molar refractivity (Wildman–Crippen MR) is 104 cm³/mol. The largest absolute Gasteiger partial charge is 0.346 e. The van der Waals surface area contributed by atoms with E-state index in [-0.39, 0.29) is 18.5 Å². The normalized spacial score (nSPS) is 19.1. The van der Waals surface area contributed by atoms with Gasteiger partial charge in [-0.05, 0) is 24.1 Å². The summed E-state index contributed by atoms with van der Waals surface area (Å²) >= 11 is 1.26. The van der Waals surface area contributed by atoms with Gasteiger partial charge in [-0.15, -0.1) is 11.3 Å². The van der Waals surface area contributed by atoms with Crippen molar-refractivity contribution in [2.24, 2.45) is 0 Å². The van der Waals surface area contributed by atoms with Crippen molar-refractivity contribution < 1.29 is 13.6 Å². The maximum absolute atomic E-state index is 15.1. The number of fused-ring (bicyclic) bond motifs is 2. The van der Waals surface area contributed by atoms with Gasteiger partial charge in [0.2, 0.25) is 0 Å². The molecule has 4 aromatic heterocycles. The summed E-state index contributed by atoms with van der Waals surface area (Å²) in [7, 11) is 0. The maximum Gasteiger partial charge on any atom is 0.272 e. The predicted octanol–water partition coefficient (Wildman–Crippen LogP) is 2.90. The van der Waals surface area contributed by atoms with E-state index in [9.17, 15) is 9.59 Å². The van der Waals surface area contributed by atoms with E-state index in [2.05, 4.69) is 15.0 Å². The number of hydrogen-bond acceptors (Lipinski definition) is 5. The molecular formula is C19H15F2N5O2S. The average Bonchev–Trinajstić information content (AvgIpc) is 3.36. The standard InChI is InChI=1S/C19H15F2N5O2S/c20-19(21)10-25(16(27)13-9-24-18-26(17(13)28)7-8-29-18)6-3-14(19)11-1-4-22-15-12(11)2-5-23-15/h1-2,4-5,7-9,14H,3,6,10H2,(H,22,23). The fourth-order valence-corrected chi connectivity index (χ4v) is 4.60. The Morgan fingerprint density at radius 1 is 1.31 bits per heavy atom. The molecule has 10 heteroatoms. The minimum absolute atomic E-state index is 0.0818. The number of likely N-dealkylation sites (tertiary alicyclic amines) is 1. The zero-order valence-electron chi connectivity index (χ0n) is 15.0. The molecule has 1 atom stereocenters. The number of amides is 1. The Morgan fingerprint density at radius 3 is 3.00 bits per heavy atom. The Balaban J connectivity index is 1.45. The number of rotatable bonds is 2. The lowest BCUT2D eigenvalue weighted by Gasteiger charge is -2.38. The fraction of sp³-hybridized carbons (Fsp3) is 0.263. The third-order valence-electron chi connectivity index (χ3n) is 5.33. The van der Waals surface area contributed by atoms with Gasteiger partial charge in [0, 0.05) is 42.1 Å². The van der Waals surface area contributed by atoms with Crippen LogP contribution in [-0.4, -0.2) is 49.2 Å². The number of carbonyl (C=O) groups is 1. The van der Waals surface area contributed by atoms with E-state index in [0.29, 0.717) is 21.6 Å². The number of carbonyl (C=O) groups excluding carboxylic acids is 1. The van der Waals surface area contributed by atoms with Crippen molar-refractivity contribution in [2.45, 2.75) is 18.3 Å².